The van der Waals surface area contributed by atoms with Gasteiger partial charge in [-0.05, 0) is 12.1 Å². The molecular formula is C14H16N4O2. The monoisotopic (exact) mass is 272 g/mol. The highest BCUT2D eigenvalue weighted by Gasteiger charge is 2.22. The van der Waals surface area contributed by atoms with E-state index in [2.05, 4.69) is 10.4 Å². The van der Waals surface area contributed by atoms with Crippen molar-refractivity contribution in [1.82, 2.24) is 15.1 Å². The van der Waals surface area contributed by atoms with Crippen molar-refractivity contribution >= 4 is 11.7 Å². The molecule has 1 aliphatic rings. The summed E-state index contributed by atoms with van der Waals surface area (Å²) in [7, 11) is 0. The van der Waals surface area contributed by atoms with Crippen LogP contribution in [-0.4, -0.2) is 22.3 Å². The summed E-state index contributed by atoms with van der Waals surface area (Å²) in [6.45, 7) is 0.771. The fourth-order valence-electron chi connectivity index (χ4n) is 2.34. The Labute approximate surface area is 116 Å². The summed E-state index contributed by atoms with van der Waals surface area (Å²) in [5.41, 5.74) is 6.54. The summed E-state index contributed by atoms with van der Waals surface area (Å²) in [4.78, 5) is 12.0. The van der Waals surface area contributed by atoms with Crippen molar-refractivity contribution in [2.24, 2.45) is 0 Å². The van der Waals surface area contributed by atoms with E-state index in [1.165, 1.54) is 4.68 Å². The maximum Gasteiger partial charge on any atom is 0.242 e. The van der Waals surface area contributed by atoms with Gasteiger partial charge in [-0.15, -0.1) is 0 Å². The molecule has 0 bridgehead atoms. The van der Waals surface area contributed by atoms with E-state index in [1.54, 1.807) is 12.3 Å². The first-order valence-corrected chi connectivity index (χ1v) is 6.52. The number of rotatable bonds is 3. The molecule has 1 amide bonds. The fourth-order valence-corrected chi connectivity index (χ4v) is 2.34. The lowest BCUT2D eigenvalue weighted by molar-refractivity contribution is -0.122. The van der Waals surface area contributed by atoms with Gasteiger partial charge in [0.15, 0.2) is 0 Å². The van der Waals surface area contributed by atoms with Crippen LogP contribution in [0.4, 0.5) is 5.82 Å². The van der Waals surface area contributed by atoms with Crippen molar-refractivity contribution in [3.63, 3.8) is 0 Å². The molecule has 0 saturated heterocycles. The van der Waals surface area contributed by atoms with Crippen molar-refractivity contribution in [1.29, 1.82) is 0 Å². The average molecular weight is 272 g/mol. The average Bonchev–Trinajstić information content (AvgIpc) is 2.84. The molecule has 6 nitrogen and oxygen atoms in total. The fraction of sp³-hybridized carbons (Fsp3) is 0.286. The Morgan fingerprint density at radius 2 is 2.30 bits per heavy atom. The van der Waals surface area contributed by atoms with E-state index in [0.29, 0.717) is 12.4 Å². The molecule has 3 rings (SSSR count). The Hall–Kier alpha value is -2.50. The second-order valence-corrected chi connectivity index (χ2v) is 4.73. The zero-order valence-electron chi connectivity index (χ0n) is 11.0. The summed E-state index contributed by atoms with van der Waals surface area (Å²) < 4.78 is 7.10. The molecule has 1 unspecified atom stereocenters. The third-order valence-corrected chi connectivity index (χ3v) is 3.26. The van der Waals surface area contributed by atoms with Crippen LogP contribution >= 0.6 is 0 Å². The van der Waals surface area contributed by atoms with Crippen LogP contribution in [0.2, 0.25) is 0 Å². The number of hydrogen-bond acceptors (Lipinski definition) is 4. The number of carbonyl (C=O) groups excluding carboxylic acids is 1. The Morgan fingerprint density at radius 3 is 3.10 bits per heavy atom. The van der Waals surface area contributed by atoms with Crippen molar-refractivity contribution < 1.29 is 9.53 Å². The number of nitrogens with zero attached hydrogens (tertiary/aromatic N) is 2. The van der Waals surface area contributed by atoms with E-state index in [-0.39, 0.29) is 18.5 Å². The van der Waals surface area contributed by atoms with Crippen LogP contribution in [0.5, 0.6) is 5.75 Å². The van der Waals surface area contributed by atoms with Gasteiger partial charge in [0.2, 0.25) is 5.91 Å². The minimum absolute atomic E-state index is 0.0136. The topological polar surface area (TPSA) is 82.2 Å². The highest BCUT2D eigenvalue weighted by molar-refractivity contribution is 5.76. The van der Waals surface area contributed by atoms with E-state index in [1.807, 2.05) is 24.3 Å². The number of carbonyl (C=O) groups is 1. The van der Waals surface area contributed by atoms with Crippen LogP contribution in [-0.2, 0) is 11.3 Å². The number of fused-ring (bicyclic) bond motifs is 1. The largest absolute Gasteiger partial charge is 0.493 e. The third-order valence-electron chi connectivity index (χ3n) is 3.26. The van der Waals surface area contributed by atoms with Crippen molar-refractivity contribution in [3.8, 4) is 5.75 Å². The molecule has 0 radical (unpaired) electrons. The standard InChI is InChI=1S/C14H16N4O2/c15-13-5-7-18(17-13)9-14(19)16-11-6-8-20-12-4-2-1-3-10(11)12/h1-5,7,11H,6,8-9H2,(H2,15,17)(H,16,19). The number of ether oxygens (including phenoxy) is 1. The molecule has 1 aromatic heterocycles. The molecule has 6 heteroatoms. The van der Waals surface area contributed by atoms with E-state index in [0.717, 1.165) is 17.7 Å². The summed E-state index contributed by atoms with van der Waals surface area (Å²) in [6, 6.07) is 9.42. The molecule has 20 heavy (non-hydrogen) atoms. The van der Waals surface area contributed by atoms with Crippen molar-refractivity contribution in [2.45, 2.75) is 19.0 Å². The summed E-state index contributed by atoms with van der Waals surface area (Å²) in [5.74, 6) is 1.16. The normalized spacial score (nSPS) is 17.1. The second-order valence-electron chi connectivity index (χ2n) is 4.73. The van der Waals surface area contributed by atoms with Gasteiger partial charge in [0.05, 0.1) is 12.6 Å². The summed E-state index contributed by atoms with van der Waals surface area (Å²) >= 11 is 0. The minimum atomic E-state index is -0.0881. The highest BCUT2D eigenvalue weighted by Crippen LogP contribution is 2.31. The lowest BCUT2D eigenvalue weighted by atomic mass is 10.0. The minimum Gasteiger partial charge on any atom is -0.493 e. The number of nitrogens with one attached hydrogen (secondary N) is 1. The smallest absolute Gasteiger partial charge is 0.242 e. The molecular weight excluding hydrogens is 256 g/mol. The maximum absolute atomic E-state index is 12.0. The number of aromatic nitrogens is 2. The van der Waals surface area contributed by atoms with Gasteiger partial charge in [-0.3, -0.25) is 9.48 Å². The number of para-hydroxylation sites is 1. The lowest BCUT2D eigenvalue weighted by Gasteiger charge is -2.26. The number of benzene rings is 1. The van der Waals surface area contributed by atoms with E-state index < -0.39 is 0 Å². The van der Waals surface area contributed by atoms with Crippen LogP contribution in [0.15, 0.2) is 36.5 Å². The number of hydrogen-bond donors (Lipinski definition) is 2. The Bertz CT molecular complexity index is 623. The van der Waals surface area contributed by atoms with E-state index in [4.69, 9.17) is 10.5 Å². The molecule has 0 spiro atoms. The van der Waals surface area contributed by atoms with E-state index >= 15 is 0 Å². The predicted molar refractivity (Wildman–Crippen MR) is 74.1 cm³/mol. The quantitative estimate of drug-likeness (QED) is 0.876. The van der Waals surface area contributed by atoms with Gasteiger partial charge in [-0.2, -0.15) is 5.10 Å². The molecule has 1 atom stereocenters. The summed E-state index contributed by atoms with van der Waals surface area (Å²) in [5, 5.41) is 7.01. The predicted octanol–water partition coefficient (Wildman–Crippen LogP) is 1.11. The first-order valence-electron chi connectivity index (χ1n) is 6.52. The van der Waals surface area contributed by atoms with Gasteiger partial charge in [0.25, 0.3) is 0 Å². The van der Waals surface area contributed by atoms with Gasteiger partial charge in [-0.1, -0.05) is 18.2 Å². The molecule has 104 valence electrons. The van der Waals surface area contributed by atoms with Crippen LogP contribution in [0.3, 0.4) is 0 Å². The number of nitrogen functional groups attached to an aromatic ring is 1. The zero-order valence-corrected chi connectivity index (χ0v) is 11.0. The van der Waals surface area contributed by atoms with Gasteiger partial charge < -0.3 is 15.8 Å². The molecule has 0 aliphatic carbocycles. The van der Waals surface area contributed by atoms with Gasteiger partial charge in [0, 0.05) is 18.2 Å². The first-order chi connectivity index (χ1) is 9.72. The number of amides is 1. The van der Waals surface area contributed by atoms with Crippen LogP contribution in [0.1, 0.15) is 18.0 Å². The number of nitrogens with two attached hydrogens (primary N) is 1. The molecule has 0 saturated carbocycles. The van der Waals surface area contributed by atoms with Gasteiger partial charge in [0.1, 0.15) is 18.1 Å². The summed E-state index contributed by atoms with van der Waals surface area (Å²) in [6.07, 6.45) is 2.46. The van der Waals surface area contributed by atoms with Crippen LogP contribution in [0.25, 0.3) is 0 Å². The van der Waals surface area contributed by atoms with Crippen LogP contribution < -0.4 is 15.8 Å². The molecule has 2 aromatic rings. The molecule has 0 fully saturated rings. The SMILES string of the molecule is Nc1ccn(CC(=O)NC2CCOc3ccccc32)n1. The molecule has 1 aliphatic heterocycles. The maximum atomic E-state index is 12.0. The highest BCUT2D eigenvalue weighted by atomic mass is 16.5. The Morgan fingerprint density at radius 1 is 1.45 bits per heavy atom. The van der Waals surface area contributed by atoms with Crippen molar-refractivity contribution in [3.05, 3.63) is 42.1 Å². The second kappa shape index (κ2) is 5.24. The van der Waals surface area contributed by atoms with Crippen LogP contribution in [0, 0.1) is 0 Å². The first kappa shape index (κ1) is 12.5. The van der Waals surface area contributed by atoms with E-state index in [9.17, 15) is 4.79 Å². The molecule has 3 N–H and O–H groups in total. The van der Waals surface area contributed by atoms with Gasteiger partial charge in [-0.25, -0.2) is 0 Å². The Balaban J connectivity index is 1.68. The van der Waals surface area contributed by atoms with Gasteiger partial charge >= 0.3 is 0 Å². The molecule has 2 heterocycles. The lowest BCUT2D eigenvalue weighted by Crippen LogP contribution is -2.34. The number of anilines is 1. The third kappa shape index (κ3) is 2.59. The molecule has 1 aromatic carbocycles. The van der Waals surface area contributed by atoms with Crippen molar-refractivity contribution in [2.75, 3.05) is 12.3 Å². The Kier molecular flexibility index (Phi) is 3.28. The zero-order chi connectivity index (χ0) is 13.9.